The number of rotatable bonds is 5. The second-order valence-corrected chi connectivity index (χ2v) is 3.64. The van der Waals surface area contributed by atoms with E-state index < -0.39 is 0 Å². The summed E-state index contributed by atoms with van der Waals surface area (Å²) in [6.45, 7) is 2.62. The molecule has 0 fully saturated rings. The molecule has 0 saturated carbocycles. The fourth-order valence-electron chi connectivity index (χ4n) is 1.39. The topological polar surface area (TPSA) is 43.1 Å². The van der Waals surface area contributed by atoms with Crippen LogP contribution in [0.15, 0.2) is 29.8 Å². The number of allylic oxidation sites excluding steroid dienone is 1. The standard InChI is InChI=1S/C13H17NO/c1-11(3-2-8-15)9-12-4-6-13(10-14)7-5-12/h4-9H,2-3,10,14H2,1H3/b11-9+. The summed E-state index contributed by atoms with van der Waals surface area (Å²) in [5.74, 6) is 0. The second kappa shape index (κ2) is 6.14. The van der Waals surface area contributed by atoms with Crippen LogP contribution in [-0.2, 0) is 11.3 Å². The van der Waals surface area contributed by atoms with Gasteiger partial charge in [-0.1, -0.05) is 35.9 Å². The second-order valence-electron chi connectivity index (χ2n) is 3.64. The van der Waals surface area contributed by atoms with Crippen molar-refractivity contribution in [3.8, 4) is 0 Å². The molecule has 0 bridgehead atoms. The molecule has 1 aromatic carbocycles. The van der Waals surface area contributed by atoms with E-state index in [0.717, 1.165) is 23.8 Å². The average Bonchev–Trinajstić information content (AvgIpc) is 2.27. The first kappa shape index (κ1) is 11.7. The van der Waals surface area contributed by atoms with Gasteiger partial charge < -0.3 is 10.5 Å². The third kappa shape index (κ3) is 4.09. The van der Waals surface area contributed by atoms with Crippen LogP contribution < -0.4 is 5.73 Å². The molecule has 0 aliphatic rings. The molecule has 0 heterocycles. The lowest BCUT2D eigenvalue weighted by molar-refractivity contribution is -0.107. The van der Waals surface area contributed by atoms with Crippen LogP contribution in [0.5, 0.6) is 0 Å². The molecule has 1 aromatic rings. The molecule has 0 amide bonds. The van der Waals surface area contributed by atoms with Gasteiger partial charge in [0.1, 0.15) is 6.29 Å². The Labute approximate surface area is 90.8 Å². The molecule has 0 radical (unpaired) electrons. The summed E-state index contributed by atoms with van der Waals surface area (Å²) in [4.78, 5) is 10.2. The van der Waals surface area contributed by atoms with Crippen molar-refractivity contribution in [3.05, 3.63) is 41.0 Å². The van der Waals surface area contributed by atoms with Crippen molar-refractivity contribution in [1.29, 1.82) is 0 Å². The fourth-order valence-corrected chi connectivity index (χ4v) is 1.39. The van der Waals surface area contributed by atoms with Crippen molar-refractivity contribution in [2.45, 2.75) is 26.3 Å². The minimum absolute atomic E-state index is 0.577. The average molecular weight is 203 g/mol. The molecule has 0 saturated heterocycles. The van der Waals surface area contributed by atoms with Crippen molar-refractivity contribution >= 4 is 12.4 Å². The van der Waals surface area contributed by atoms with Gasteiger partial charge in [0.2, 0.25) is 0 Å². The Morgan fingerprint density at radius 3 is 2.53 bits per heavy atom. The van der Waals surface area contributed by atoms with Crippen molar-refractivity contribution < 1.29 is 4.79 Å². The van der Waals surface area contributed by atoms with Gasteiger partial charge in [0.25, 0.3) is 0 Å². The van der Waals surface area contributed by atoms with Gasteiger partial charge in [-0.25, -0.2) is 0 Å². The number of nitrogens with two attached hydrogens (primary N) is 1. The number of carbonyl (C=O) groups is 1. The monoisotopic (exact) mass is 203 g/mol. The Kier molecular flexibility index (Phi) is 4.78. The van der Waals surface area contributed by atoms with E-state index in [2.05, 4.69) is 6.08 Å². The normalized spacial score (nSPS) is 11.5. The molecule has 0 unspecified atom stereocenters. The van der Waals surface area contributed by atoms with E-state index in [1.165, 1.54) is 5.57 Å². The minimum atomic E-state index is 0.577. The highest BCUT2D eigenvalue weighted by Gasteiger charge is 1.93. The third-order valence-electron chi connectivity index (χ3n) is 2.29. The number of hydrogen-bond donors (Lipinski definition) is 1. The Balaban J connectivity index is 2.66. The molecular weight excluding hydrogens is 186 g/mol. The highest BCUT2D eigenvalue weighted by atomic mass is 16.1. The number of hydrogen-bond acceptors (Lipinski definition) is 2. The van der Waals surface area contributed by atoms with E-state index >= 15 is 0 Å². The fraction of sp³-hybridized carbons (Fsp3) is 0.308. The van der Waals surface area contributed by atoms with Gasteiger partial charge in [-0.3, -0.25) is 0 Å². The molecule has 1 rings (SSSR count). The Bertz CT molecular complexity index is 338. The van der Waals surface area contributed by atoms with Crippen molar-refractivity contribution in [3.63, 3.8) is 0 Å². The maximum Gasteiger partial charge on any atom is 0.120 e. The molecule has 0 spiro atoms. The number of carbonyl (C=O) groups excluding carboxylic acids is 1. The first-order valence-corrected chi connectivity index (χ1v) is 5.16. The van der Waals surface area contributed by atoms with Crippen molar-refractivity contribution in [2.75, 3.05) is 0 Å². The van der Waals surface area contributed by atoms with Gasteiger partial charge in [-0.05, 0) is 24.5 Å². The first-order chi connectivity index (χ1) is 7.26. The van der Waals surface area contributed by atoms with Crippen molar-refractivity contribution in [2.24, 2.45) is 5.73 Å². The summed E-state index contributed by atoms with van der Waals surface area (Å²) < 4.78 is 0. The van der Waals surface area contributed by atoms with E-state index in [-0.39, 0.29) is 0 Å². The predicted octanol–water partition coefficient (Wildman–Crippen LogP) is 2.53. The lowest BCUT2D eigenvalue weighted by Gasteiger charge is -2.00. The van der Waals surface area contributed by atoms with E-state index in [4.69, 9.17) is 5.73 Å². The smallest absolute Gasteiger partial charge is 0.120 e. The minimum Gasteiger partial charge on any atom is -0.326 e. The molecule has 2 nitrogen and oxygen atoms in total. The molecule has 0 aliphatic heterocycles. The molecule has 15 heavy (non-hydrogen) atoms. The van der Waals surface area contributed by atoms with Crippen LogP contribution in [0.25, 0.3) is 6.08 Å². The predicted molar refractivity (Wildman–Crippen MR) is 63.3 cm³/mol. The van der Waals surface area contributed by atoms with Gasteiger partial charge in [0, 0.05) is 13.0 Å². The van der Waals surface area contributed by atoms with Crippen LogP contribution in [0.1, 0.15) is 30.9 Å². The van der Waals surface area contributed by atoms with E-state index in [1.807, 2.05) is 31.2 Å². The Hall–Kier alpha value is -1.41. The zero-order valence-corrected chi connectivity index (χ0v) is 9.07. The molecule has 0 aromatic heterocycles. The maximum absolute atomic E-state index is 10.2. The van der Waals surface area contributed by atoms with Crippen LogP contribution in [0, 0.1) is 0 Å². The zero-order valence-electron chi connectivity index (χ0n) is 9.07. The largest absolute Gasteiger partial charge is 0.326 e. The zero-order chi connectivity index (χ0) is 11.1. The van der Waals surface area contributed by atoms with Crippen molar-refractivity contribution in [1.82, 2.24) is 0 Å². The van der Waals surface area contributed by atoms with Gasteiger partial charge in [0.15, 0.2) is 0 Å². The molecular formula is C13H17NO. The lowest BCUT2D eigenvalue weighted by Crippen LogP contribution is -1.95. The first-order valence-electron chi connectivity index (χ1n) is 5.16. The summed E-state index contributed by atoms with van der Waals surface area (Å²) in [6.07, 6.45) is 4.49. The Morgan fingerprint density at radius 2 is 2.00 bits per heavy atom. The van der Waals surface area contributed by atoms with Gasteiger partial charge in [-0.15, -0.1) is 0 Å². The van der Waals surface area contributed by atoms with Crippen LogP contribution in [0.2, 0.25) is 0 Å². The summed E-state index contributed by atoms with van der Waals surface area (Å²) >= 11 is 0. The third-order valence-corrected chi connectivity index (χ3v) is 2.29. The van der Waals surface area contributed by atoms with Gasteiger partial charge in [-0.2, -0.15) is 0 Å². The maximum atomic E-state index is 10.2. The van der Waals surface area contributed by atoms with Crippen LogP contribution >= 0.6 is 0 Å². The van der Waals surface area contributed by atoms with E-state index in [0.29, 0.717) is 13.0 Å². The summed E-state index contributed by atoms with van der Waals surface area (Å²) in [6, 6.07) is 8.15. The van der Waals surface area contributed by atoms with Gasteiger partial charge >= 0.3 is 0 Å². The van der Waals surface area contributed by atoms with Crippen LogP contribution in [-0.4, -0.2) is 6.29 Å². The summed E-state index contributed by atoms with van der Waals surface area (Å²) in [5.41, 5.74) is 9.04. The molecule has 0 atom stereocenters. The van der Waals surface area contributed by atoms with Gasteiger partial charge in [0.05, 0.1) is 0 Å². The molecule has 2 heteroatoms. The Morgan fingerprint density at radius 1 is 1.33 bits per heavy atom. The number of benzene rings is 1. The summed E-state index contributed by atoms with van der Waals surface area (Å²) in [5, 5.41) is 0. The van der Waals surface area contributed by atoms with Crippen LogP contribution in [0.4, 0.5) is 0 Å². The van der Waals surface area contributed by atoms with E-state index in [9.17, 15) is 4.79 Å². The highest BCUT2D eigenvalue weighted by Crippen LogP contribution is 2.11. The van der Waals surface area contributed by atoms with E-state index in [1.54, 1.807) is 0 Å². The molecule has 0 aliphatic carbocycles. The SMILES string of the molecule is C/C(=C\c1ccc(CN)cc1)CCC=O. The summed E-state index contributed by atoms with van der Waals surface area (Å²) in [7, 11) is 0. The molecule has 80 valence electrons. The molecule has 2 N–H and O–H groups in total. The van der Waals surface area contributed by atoms with Crippen LogP contribution in [0.3, 0.4) is 0 Å². The highest BCUT2D eigenvalue weighted by molar-refractivity contribution is 5.55. The number of aldehydes is 1. The quantitative estimate of drug-likeness (QED) is 0.747. The lowest BCUT2D eigenvalue weighted by atomic mass is 10.1.